The van der Waals surface area contributed by atoms with Gasteiger partial charge in [0.2, 0.25) is 70.9 Å². The third kappa shape index (κ3) is 20.9. The van der Waals surface area contributed by atoms with Crippen molar-refractivity contribution in [3.8, 4) is 0 Å². The Hall–Kier alpha value is -7.01. The average Bonchev–Trinajstić information content (AvgIpc) is 1.23. The Labute approximate surface area is 646 Å². The lowest BCUT2D eigenvalue weighted by molar-refractivity contribution is -0.219. The Morgan fingerprint density at radius 1 is 0.600 bits per heavy atom. The number of halogens is 5. The molecule has 30 heteroatoms. The highest BCUT2D eigenvalue weighted by molar-refractivity contribution is 6.01. The molecular formula is C80H125F5N12O13. The molecule has 0 radical (unpaired) electrons. The molecule has 0 aromatic heterocycles. The molecule has 110 heavy (non-hydrogen) atoms. The van der Waals surface area contributed by atoms with Crippen LogP contribution in [0.25, 0.3) is 0 Å². The number of nitrogens with zero attached hydrogens (tertiary/aromatic N) is 9. The molecule has 0 aromatic rings. The van der Waals surface area contributed by atoms with Crippen LogP contribution in [0.15, 0.2) is 12.2 Å². The minimum Gasteiger partial charge on any atom is -0.377 e. The van der Waals surface area contributed by atoms with E-state index in [1.807, 2.05) is 13.0 Å². The molecule has 2 bridgehead atoms. The molecule has 4 heterocycles. The van der Waals surface area contributed by atoms with Crippen LogP contribution in [-0.4, -0.2) is 282 Å². The standard InChI is InChI=1S/C80H125F5N12O13/c1-11-50(4)68-76(107)90(6)48-66(100)91(7)59-28-17-14-20-39-96(75(59)106)63(43-52-31-29-49(3)30-32-52)73(104)89(5)47-64(98)86-58(34-33-53-40-56(81)67(57(82)41-53)80(83,84)85)72(103)97-46-55(110-12-2)44-61(97)71(102)88-79(35-23-36-79)78(109)94(10)69(54-26-18-19-27-54)77(108)93(9)62(74(105)95-37-21-22-38-95)45-65(99)92(8)60(70(101)87-68)42-51-24-15-13-16-25-51/h14,17,49-63,67-69H,11-13,15-16,18-48H2,1-10H3,(H,86,98)(H,87,101)(H,88,102)/b17-14-/t49?,50-,52?,53?,55+,56?,57?,58-,59-,60-,61-,62-,63-,67?,68-,69-/m0/s1. The van der Waals surface area contributed by atoms with Crippen LogP contribution in [0.4, 0.5) is 22.0 Å². The van der Waals surface area contributed by atoms with Gasteiger partial charge in [-0.05, 0) is 139 Å². The topological polar surface area (TPSA) is 279 Å². The maximum absolute atomic E-state index is 15.8. The zero-order valence-electron chi connectivity index (χ0n) is 66.7. The summed E-state index contributed by atoms with van der Waals surface area (Å²) in [7, 11) is 8.64. The van der Waals surface area contributed by atoms with Gasteiger partial charge in [-0.1, -0.05) is 110 Å². The number of fused-ring (bicyclic) bond motifs is 3. The first-order chi connectivity index (χ1) is 52.2. The van der Waals surface area contributed by atoms with Gasteiger partial charge in [0.1, 0.15) is 72.1 Å². The largest absolute Gasteiger partial charge is 0.397 e. The van der Waals surface area contributed by atoms with Crippen molar-refractivity contribution in [1.29, 1.82) is 0 Å². The monoisotopic (exact) mass is 1560 g/mol. The van der Waals surface area contributed by atoms with E-state index in [0.717, 1.165) is 75.5 Å². The van der Waals surface area contributed by atoms with E-state index in [9.17, 15) is 22.8 Å². The van der Waals surface area contributed by atoms with Gasteiger partial charge in [-0.25, -0.2) is 8.78 Å². The molecule has 0 aromatic carbocycles. The Kier molecular flexibility index (Phi) is 30.6. The fourth-order valence-electron chi connectivity index (χ4n) is 19.0. The predicted octanol–water partition coefficient (Wildman–Crippen LogP) is 7.27. The van der Waals surface area contributed by atoms with Crippen LogP contribution in [0.2, 0.25) is 0 Å². The number of alkyl halides is 5. The molecule has 3 saturated heterocycles. The number of likely N-dealkylation sites (N-methyl/N-ethyl adjacent to an activating group) is 6. The Balaban J connectivity index is 1.11. The maximum atomic E-state index is 15.8. The lowest BCUT2D eigenvalue weighted by Crippen LogP contribution is -2.68. The zero-order chi connectivity index (χ0) is 80.2. The van der Waals surface area contributed by atoms with Crippen LogP contribution < -0.4 is 16.0 Å². The van der Waals surface area contributed by atoms with E-state index >= 15 is 56.7 Å². The van der Waals surface area contributed by atoms with Crippen molar-refractivity contribution in [2.45, 2.75) is 292 Å². The Bertz CT molecular complexity index is 3270. The molecule has 9 aliphatic rings. The summed E-state index contributed by atoms with van der Waals surface area (Å²) in [5, 5.41) is 8.76. The van der Waals surface area contributed by atoms with Gasteiger partial charge in [0, 0.05) is 81.5 Å². The quantitative estimate of drug-likeness (QED) is 0.121. The van der Waals surface area contributed by atoms with Gasteiger partial charge in [0.05, 0.1) is 25.6 Å². The number of ether oxygens (including phenoxy) is 1. The molecule has 3 N–H and O–H groups in total. The first-order valence-electron chi connectivity index (χ1n) is 41.2. The van der Waals surface area contributed by atoms with Crippen molar-refractivity contribution >= 4 is 70.9 Å². The van der Waals surface area contributed by atoms with Crippen LogP contribution in [0.3, 0.4) is 0 Å². The number of likely N-dealkylation sites (tertiary alicyclic amines) is 1. The summed E-state index contributed by atoms with van der Waals surface area (Å²) in [6, 6.07) is -10.4. The molecule has 25 nitrogen and oxygen atoms in total. The van der Waals surface area contributed by atoms with Crippen LogP contribution in [0.1, 0.15) is 214 Å². The smallest absolute Gasteiger partial charge is 0.377 e. The van der Waals surface area contributed by atoms with E-state index in [4.69, 9.17) is 4.74 Å². The summed E-state index contributed by atoms with van der Waals surface area (Å²) in [6.45, 7) is 6.89. The number of amides is 12. The highest BCUT2D eigenvalue weighted by atomic mass is 19.4. The van der Waals surface area contributed by atoms with Gasteiger partial charge in [-0.15, -0.1) is 0 Å². The van der Waals surface area contributed by atoms with E-state index in [2.05, 4.69) is 22.9 Å². The molecule has 5 aliphatic carbocycles. The van der Waals surface area contributed by atoms with E-state index in [1.54, 1.807) is 24.8 Å². The fourth-order valence-corrected chi connectivity index (χ4v) is 19.0. The van der Waals surface area contributed by atoms with Gasteiger partial charge in [0.25, 0.3) is 0 Å². The number of hydrogen-bond donors (Lipinski definition) is 3. The first kappa shape index (κ1) is 87.0. The maximum Gasteiger partial charge on any atom is 0.397 e. The fraction of sp³-hybridized carbons (Fsp3) is 0.825. The van der Waals surface area contributed by atoms with Crippen LogP contribution in [0.5, 0.6) is 0 Å². The number of carbonyl (C=O) groups is 12. The third-order valence-electron chi connectivity index (χ3n) is 26.3. The third-order valence-corrected chi connectivity index (χ3v) is 26.3. The lowest BCUT2D eigenvalue weighted by atomic mass is 9.74. The number of hydrogen-bond acceptors (Lipinski definition) is 13. The van der Waals surface area contributed by atoms with Gasteiger partial charge in [-0.2, -0.15) is 13.2 Å². The summed E-state index contributed by atoms with van der Waals surface area (Å²) in [5.74, 6) is -12.5. The van der Waals surface area contributed by atoms with E-state index < -0.39 is 205 Å². The second kappa shape index (κ2) is 38.7. The minimum atomic E-state index is -5.17. The van der Waals surface area contributed by atoms with E-state index in [-0.39, 0.29) is 82.9 Å². The summed E-state index contributed by atoms with van der Waals surface area (Å²) in [4.78, 5) is 196. The summed E-state index contributed by atoms with van der Waals surface area (Å²) in [6.07, 6.45) is 2.93. The van der Waals surface area contributed by atoms with Gasteiger partial charge in [-0.3, -0.25) is 57.5 Å². The highest BCUT2D eigenvalue weighted by Gasteiger charge is 2.56. The van der Waals surface area contributed by atoms with Gasteiger partial charge < -0.3 is 64.8 Å². The second-order valence-electron chi connectivity index (χ2n) is 33.9. The lowest BCUT2D eigenvalue weighted by Gasteiger charge is -2.46. The van der Waals surface area contributed by atoms with Gasteiger partial charge >= 0.3 is 6.18 Å². The number of rotatable bonds is 13. The van der Waals surface area contributed by atoms with Crippen molar-refractivity contribution in [2.75, 3.05) is 88.2 Å². The molecule has 12 amide bonds. The summed E-state index contributed by atoms with van der Waals surface area (Å²) >= 11 is 0. The van der Waals surface area contributed by atoms with Crippen molar-refractivity contribution < 1.29 is 84.2 Å². The van der Waals surface area contributed by atoms with Crippen molar-refractivity contribution in [2.24, 2.45) is 41.4 Å². The van der Waals surface area contributed by atoms with Crippen molar-refractivity contribution in [1.82, 2.24) is 60.0 Å². The van der Waals surface area contributed by atoms with Crippen LogP contribution in [0, 0.1) is 41.4 Å². The van der Waals surface area contributed by atoms with Crippen molar-refractivity contribution in [3.63, 3.8) is 0 Å². The molecular weight excluding hydrogens is 1430 g/mol. The molecule has 8 fully saturated rings. The van der Waals surface area contributed by atoms with E-state index in [0.29, 0.717) is 64.0 Å². The zero-order valence-corrected chi connectivity index (χ0v) is 66.7. The Morgan fingerprint density at radius 2 is 1.22 bits per heavy atom. The molecule has 2 unspecified atom stereocenters. The van der Waals surface area contributed by atoms with E-state index in [1.165, 1.54) is 76.6 Å². The molecule has 4 aliphatic heterocycles. The first-order valence-corrected chi connectivity index (χ1v) is 41.2. The molecule has 9 rings (SSSR count). The number of carbonyl (C=O) groups excluding carboxylic acids is 12. The minimum absolute atomic E-state index is 0.00564. The molecule has 1 spiro atoms. The van der Waals surface area contributed by atoms with Gasteiger partial charge in [0.15, 0.2) is 0 Å². The summed E-state index contributed by atoms with van der Waals surface area (Å²) < 4.78 is 79.2. The van der Waals surface area contributed by atoms with Crippen molar-refractivity contribution in [3.05, 3.63) is 12.2 Å². The highest BCUT2D eigenvalue weighted by Crippen LogP contribution is 2.45. The molecule has 5 saturated carbocycles. The molecule has 12 atom stereocenters. The normalized spacial score (nSPS) is 33.2. The average molecular weight is 1560 g/mol. The van der Waals surface area contributed by atoms with Crippen LogP contribution in [-0.2, 0) is 62.3 Å². The van der Waals surface area contributed by atoms with Crippen LogP contribution >= 0.6 is 0 Å². The summed E-state index contributed by atoms with van der Waals surface area (Å²) in [5.41, 5.74) is -1.64. The number of nitrogens with one attached hydrogen (secondary N) is 3. The molecule has 618 valence electrons. The predicted molar refractivity (Wildman–Crippen MR) is 400 cm³/mol. The Morgan fingerprint density at radius 3 is 1.83 bits per heavy atom. The SMILES string of the molecule is CCO[C@@H]1C[C@H]2C(=O)NC3(CCC3)C(=O)N(C)[C@@H](C3CCCC3)C(=O)N(C)[C@H](C(=O)N3CCCC3)CC(=O)N(C)[C@@H](CC3CCCCC3)C(=O)N[C@@H]([C@@H](C)CC)C(=O)N(C)CC(=O)N(C)[C@H]3C/C=C\CCN(C3=O)[C@@H](CC3CCC(C)CC3)C(=O)N(C)CC(=O)N[C@@H](CCC3CC(F)C(C(F)(F)F)C(F)C3)C(=O)N2C1. The second-order valence-corrected chi connectivity index (χ2v) is 33.9.